The molecule has 1 saturated heterocycles. The van der Waals surface area contributed by atoms with Gasteiger partial charge in [0.05, 0.1) is 30.4 Å². The predicted octanol–water partition coefficient (Wildman–Crippen LogP) is 3.31. The van der Waals surface area contributed by atoms with Gasteiger partial charge in [-0.3, -0.25) is 9.36 Å². The van der Waals surface area contributed by atoms with Crippen molar-refractivity contribution in [2.75, 3.05) is 25.5 Å². The Balaban J connectivity index is 1.50. The molecule has 0 aliphatic carbocycles. The number of rotatable bonds is 9. The van der Waals surface area contributed by atoms with Gasteiger partial charge in [0.2, 0.25) is 11.7 Å². The molecule has 1 unspecified atom stereocenters. The van der Waals surface area contributed by atoms with Gasteiger partial charge in [-0.2, -0.15) is 0 Å². The molecule has 9 heteroatoms. The fourth-order valence-corrected chi connectivity index (χ4v) is 4.02. The van der Waals surface area contributed by atoms with Gasteiger partial charge < -0.3 is 19.2 Å². The Morgan fingerprint density at radius 2 is 2.17 bits per heavy atom. The molecule has 2 aromatic heterocycles. The second kappa shape index (κ2) is 9.82. The van der Waals surface area contributed by atoms with Crippen LogP contribution in [0.25, 0.3) is 17.3 Å². The van der Waals surface area contributed by atoms with Crippen LogP contribution in [0.1, 0.15) is 19.8 Å². The Morgan fingerprint density at radius 3 is 2.87 bits per heavy atom. The summed E-state index contributed by atoms with van der Waals surface area (Å²) in [5.74, 6) is 2.14. The molecule has 0 saturated carbocycles. The minimum atomic E-state index is -0.0590. The van der Waals surface area contributed by atoms with Crippen LogP contribution < -0.4 is 10.1 Å². The summed E-state index contributed by atoms with van der Waals surface area (Å²) in [6.07, 6.45) is 3.76. The SMILES string of the molecule is CCOc1ccc(-n2c(SCC(=O)NCC3CCCO3)nnc2-c2ccco2)cc1. The van der Waals surface area contributed by atoms with Gasteiger partial charge in [0.1, 0.15) is 5.75 Å². The molecule has 0 radical (unpaired) electrons. The molecule has 30 heavy (non-hydrogen) atoms. The van der Waals surface area contributed by atoms with Gasteiger partial charge in [0.25, 0.3) is 0 Å². The third-order valence-corrected chi connectivity index (χ3v) is 5.59. The van der Waals surface area contributed by atoms with Gasteiger partial charge in [-0.05, 0) is 56.2 Å². The van der Waals surface area contributed by atoms with Crippen molar-refractivity contribution in [2.24, 2.45) is 0 Å². The van der Waals surface area contributed by atoms with Crippen molar-refractivity contribution in [1.29, 1.82) is 0 Å². The topological polar surface area (TPSA) is 91.4 Å². The Kier molecular flexibility index (Phi) is 6.70. The van der Waals surface area contributed by atoms with E-state index >= 15 is 0 Å². The molecule has 1 aliphatic heterocycles. The summed E-state index contributed by atoms with van der Waals surface area (Å²) in [7, 11) is 0. The normalized spacial score (nSPS) is 16.0. The second-order valence-corrected chi connectivity index (χ2v) is 7.72. The average molecular weight is 429 g/mol. The van der Waals surface area contributed by atoms with E-state index in [-0.39, 0.29) is 17.8 Å². The van der Waals surface area contributed by atoms with Crippen molar-refractivity contribution >= 4 is 17.7 Å². The number of ether oxygens (including phenoxy) is 2. The van der Waals surface area contributed by atoms with E-state index in [4.69, 9.17) is 13.9 Å². The number of aromatic nitrogens is 3. The van der Waals surface area contributed by atoms with Gasteiger partial charge in [-0.15, -0.1) is 10.2 Å². The number of amides is 1. The maximum Gasteiger partial charge on any atom is 0.230 e. The summed E-state index contributed by atoms with van der Waals surface area (Å²) in [6, 6.07) is 11.3. The molecule has 0 spiro atoms. The molecule has 3 aromatic rings. The third kappa shape index (κ3) is 4.85. The Morgan fingerprint density at radius 1 is 1.30 bits per heavy atom. The van der Waals surface area contributed by atoms with E-state index in [1.165, 1.54) is 11.8 Å². The van der Waals surface area contributed by atoms with Crippen LogP contribution in [-0.4, -0.2) is 52.3 Å². The molecule has 1 amide bonds. The van der Waals surface area contributed by atoms with Crippen molar-refractivity contribution in [3.63, 3.8) is 0 Å². The molecule has 8 nitrogen and oxygen atoms in total. The van der Waals surface area contributed by atoms with Gasteiger partial charge >= 0.3 is 0 Å². The molecule has 0 bridgehead atoms. The summed E-state index contributed by atoms with van der Waals surface area (Å²) < 4.78 is 18.5. The number of nitrogens with zero attached hydrogens (tertiary/aromatic N) is 3. The minimum absolute atomic E-state index is 0.0590. The minimum Gasteiger partial charge on any atom is -0.494 e. The van der Waals surface area contributed by atoms with Crippen LogP contribution >= 0.6 is 11.8 Å². The number of hydrogen-bond donors (Lipinski definition) is 1. The number of nitrogens with one attached hydrogen (secondary N) is 1. The van der Waals surface area contributed by atoms with E-state index in [1.807, 2.05) is 41.8 Å². The molecular formula is C21H24N4O4S. The van der Waals surface area contributed by atoms with Crippen molar-refractivity contribution < 1.29 is 18.7 Å². The zero-order valence-corrected chi connectivity index (χ0v) is 17.6. The first-order chi connectivity index (χ1) is 14.7. The van der Waals surface area contributed by atoms with Crippen LogP contribution in [0.15, 0.2) is 52.2 Å². The summed E-state index contributed by atoms with van der Waals surface area (Å²) in [6.45, 7) is 3.87. The predicted molar refractivity (Wildman–Crippen MR) is 113 cm³/mol. The highest BCUT2D eigenvalue weighted by atomic mass is 32.2. The summed E-state index contributed by atoms with van der Waals surface area (Å²) in [4.78, 5) is 12.3. The molecule has 158 valence electrons. The first-order valence-corrected chi connectivity index (χ1v) is 11.0. The number of carbonyl (C=O) groups is 1. The van der Waals surface area contributed by atoms with Crippen molar-refractivity contribution in [1.82, 2.24) is 20.1 Å². The van der Waals surface area contributed by atoms with Crippen LogP contribution in [0, 0.1) is 0 Å². The van der Waals surface area contributed by atoms with E-state index in [9.17, 15) is 4.79 Å². The molecule has 3 heterocycles. The number of thioether (sulfide) groups is 1. The zero-order valence-electron chi connectivity index (χ0n) is 16.7. The number of furan rings is 1. The fraction of sp³-hybridized carbons (Fsp3) is 0.381. The summed E-state index contributed by atoms with van der Waals surface area (Å²) in [5.41, 5.74) is 0.858. The zero-order chi connectivity index (χ0) is 20.8. The lowest BCUT2D eigenvalue weighted by atomic mass is 10.2. The highest BCUT2D eigenvalue weighted by Crippen LogP contribution is 2.29. The lowest BCUT2D eigenvalue weighted by molar-refractivity contribution is -0.119. The van der Waals surface area contributed by atoms with Gasteiger partial charge in [-0.25, -0.2) is 0 Å². The number of carbonyl (C=O) groups excluding carboxylic acids is 1. The molecule has 1 aromatic carbocycles. The van der Waals surface area contributed by atoms with Crippen LogP contribution in [-0.2, 0) is 9.53 Å². The monoisotopic (exact) mass is 428 g/mol. The lowest BCUT2D eigenvalue weighted by Gasteiger charge is -2.12. The summed E-state index contributed by atoms with van der Waals surface area (Å²) >= 11 is 1.33. The largest absolute Gasteiger partial charge is 0.494 e. The highest BCUT2D eigenvalue weighted by molar-refractivity contribution is 7.99. The third-order valence-electron chi connectivity index (χ3n) is 4.66. The quantitative estimate of drug-likeness (QED) is 0.523. The van der Waals surface area contributed by atoms with Gasteiger partial charge in [0, 0.05) is 13.2 Å². The maximum atomic E-state index is 12.3. The van der Waals surface area contributed by atoms with Crippen LogP contribution in [0.4, 0.5) is 0 Å². The highest BCUT2D eigenvalue weighted by Gasteiger charge is 2.20. The van der Waals surface area contributed by atoms with Crippen molar-refractivity contribution in [3.05, 3.63) is 42.7 Å². The fourth-order valence-electron chi connectivity index (χ4n) is 3.23. The smallest absolute Gasteiger partial charge is 0.230 e. The Bertz CT molecular complexity index is 950. The van der Waals surface area contributed by atoms with E-state index in [2.05, 4.69) is 15.5 Å². The first kappa shape index (κ1) is 20.5. The van der Waals surface area contributed by atoms with Crippen LogP contribution in [0.5, 0.6) is 5.75 Å². The van der Waals surface area contributed by atoms with E-state index in [0.717, 1.165) is 30.9 Å². The van der Waals surface area contributed by atoms with Crippen LogP contribution in [0.2, 0.25) is 0 Å². The Labute approximate surface area is 179 Å². The van der Waals surface area contributed by atoms with Crippen molar-refractivity contribution in [2.45, 2.75) is 31.0 Å². The standard InChI is InChI=1S/C21H24N4O4S/c1-2-27-16-9-7-15(8-10-16)25-20(18-6-4-12-29-18)23-24-21(25)30-14-19(26)22-13-17-5-3-11-28-17/h4,6-10,12,17H,2-3,5,11,13-14H2,1H3,(H,22,26). The average Bonchev–Trinajstić information content (AvgIpc) is 3.53. The number of benzene rings is 1. The molecular weight excluding hydrogens is 404 g/mol. The molecule has 1 aliphatic rings. The van der Waals surface area contributed by atoms with E-state index < -0.39 is 0 Å². The Hall–Kier alpha value is -2.78. The molecule has 1 atom stereocenters. The van der Waals surface area contributed by atoms with E-state index in [1.54, 1.807) is 12.3 Å². The van der Waals surface area contributed by atoms with E-state index in [0.29, 0.717) is 29.9 Å². The van der Waals surface area contributed by atoms with Gasteiger partial charge in [-0.1, -0.05) is 11.8 Å². The van der Waals surface area contributed by atoms with Crippen molar-refractivity contribution in [3.8, 4) is 23.0 Å². The van der Waals surface area contributed by atoms with Crippen LogP contribution in [0.3, 0.4) is 0 Å². The maximum absolute atomic E-state index is 12.3. The molecule has 4 rings (SSSR count). The summed E-state index contributed by atoms with van der Waals surface area (Å²) in [5, 5.41) is 12.1. The second-order valence-electron chi connectivity index (χ2n) is 6.77. The first-order valence-electron chi connectivity index (χ1n) is 9.98. The molecule has 1 N–H and O–H groups in total. The van der Waals surface area contributed by atoms with Gasteiger partial charge in [0.15, 0.2) is 10.9 Å². The number of hydrogen-bond acceptors (Lipinski definition) is 7. The molecule has 1 fully saturated rings. The lowest BCUT2D eigenvalue weighted by Crippen LogP contribution is -2.32.